The van der Waals surface area contributed by atoms with Gasteiger partial charge in [0.1, 0.15) is 6.04 Å². The Hall–Kier alpha value is -1.77. The molecule has 1 aromatic carbocycles. The minimum Gasteiger partial charge on any atom is -0.480 e. The van der Waals surface area contributed by atoms with Crippen molar-refractivity contribution >= 4 is 23.3 Å². The number of anilines is 1. The van der Waals surface area contributed by atoms with Gasteiger partial charge in [0.05, 0.1) is 22.3 Å². The third kappa shape index (κ3) is 2.40. The average Bonchev–Trinajstić information content (AvgIpc) is 2.38. The molecule has 1 aliphatic rings. The number of piperazine rings is 1. The van der Waals surface area contributed by atoms with Gasteiger partial charge < -0.3 is 15.3 Å². The summed E-state index contributed by atoms with van der Waals surface area (Å²) < 4.78 is 0. The zero-order valence-corrected chi connectivity index (χ0v) is 10.3. The van der Waals surface area contributed by atoms with Gasteiger partial charge in [0.25, 0.3) is 0 Å². The monoisotopic (exact) mass is 265 g/mol. The molecule has 0 amide bonds. The molecule has 1 atom stereocenters. The van der Waals surface area contributed by atoms with Gasteiger partial charge in [-0.05, 0) is 18.2 Å². The zero-order chi connectivity index (χ0) is 13.1. The van der Waals surface area contributed by atoms with Gasteiger partial charge in [-0.2, -0.15) is 5.26 Å². The van der Waals surface area contributed by atoms with Crippen molar-refractivity contribution in [2.45, 2.75) is 6.04 Å². The van der Waals surface area contributed by atoms with E-state index in [0.717, 1.165) is 0 Å². The molecule has 0 aliphatic carbocycles. The molecule has 1 aromatic rings. The molecule has 1 fully saturated rings. The number of benzene rings is 1. The predicted molar refractivity (Wildman–Crippen MR) is 67.8 cm³/mol. The van der Waals surface area contributed by atoms with E-state index >= 15 is 0 Å². The van der Waals surface area contributed by atoms with Crippen LogP contribution < -0.4 is 10.2 Å². The Kier molecular flexibility index (Phi) is 3.70. The molecule has 6 heteroatoms. The molecule has 18 heavy (non-hydrogen) atoms. The molecule has 0 spiro atoms. The molecule has 2 N–H and O–H groups in total. The van der Waals surface area contributed by atoms with Gasteiger partial charge in [0.15, 0.2) is 0 Å². The topological polar surface area (TPSA) is 76.4 Å². The summed E-state index contributed by atoms with van der Waals surface area (Å²) in [5.74, 6) is -0.886. The molecular formula is C12H12ClN3O2. The van der Waals surface area contributed by atoms with Crippen LogP contribution in [0.4, 0.5) is 5.69 Å². The Balaban J connectivity index is 2.34. The standard InChI is InChI=1S/C12H12ClN3O2/c13-9-5-8(6-14)1-2-10(9)16-4-3-15-7-11(16)12(17)18/h1-2,5,11,15H,3-4,7H2,(H,17,18). The number of aliphatic carboxylic acids is 1. The van der Waals surface area contributed by atoms with Crippen molar-refractivity contribution < 1.29 is 9.90 Å². The Labute approximate surface area is 110 Å². The van der Waals surface area contributed by atoms with E-state index in [4.69, 9.17) is 16.9 Å². The van der Waals surface area contributed by atoms with Crippen molar-refractivity contribution in [2.24, 2.45) is 0 Å². The fraction of sp³-hybridized carbons (Fsp3) is 0.333. The summed E-state index contributed by atoms with van der Waals surface area (Å²) in [4.78, 5) is 12.9. The second kappa shape index (κ2) is 5.25. The smallest absolute Gasteiger partial charge is 0.327 e. The minimum absolute atomic E-state index is 0.381. The van der Waals surface area contributed by atoms with E-state index in [1.165, 1.54) is 0 Å². The summed E-state index contributed by atoms with van der Waals surface area (Å²) >= 11 is 6.11. The molecule has 0 radical (unpaired) electrons. The first-order valence-electron chi connectivity index (χ1n) is 5.53. The van der Waals surface area contributed by atoms with E-state index in [1.54, 1.807) is 23.1 Å². The highest BCUT2D eigenvalue weighted by Gasteiger charge is 2.29. The number of nitrogens with one attached hydrogen (secondary N) is 1. The van der Waals surface area contributed by atoms with Gasteiger partial charge in [0.2, 0.25) is 0 Å². The lowest BCUT2D eigenvalue weighted by Crippen LogP contribution is -2.55. The summed E-state index contributed by atoms with van der Waals surface area (Å²) in [5.41, 5.74) is 1.12. The maximum Gasteiger partial charge on any atom is 0.327 e. The molecule has 0 saturated carbocycles. The Morgan fingerprint density at radius 3 is 3.00 bits per heavy atom. The SMILES string of the molecule is N#Cc1ccc(N2CCNCC2C(=O)O)c(Cl)c1. The molecule has 1 aliphatic heterocycles. The largest absolute Gasteiger partial charge is 0.480 e. The van der Waals surface area contributed by atoms with Crippen molar-refractivity contribution in [3.63, 3.8) is 0 Å². The van der Waals surface area contributed by atoms with Crippen LogP contribution in [0.25, 0.3) is 0 Å². The van der Waals surface area contributed by atoms with Gasteiger partial charge in [-0.1, -0.05) is 11.6 Å². The van der Waals surface area contributed by atoms with Crippen LogP contribution in [0.15, 0.2) is 18.2 Å². The molecule has 0 bridgehead atoms. The van der Waals surface area contributed by atoms with Gasteiger partial charge in [-0.25, -0.2) is 4.79 Å². The second-order valence-electron chi connectivity index (χ2n) is 4.03. The normalized spacial score (nSPS) is 19.3. The molecule has 1 heterocycles. The number of halogens is 1. The molecule has 1 saturated heterocycles. The van der Waals surface area contributed by atoms with E-state index in [2.05, 4.69) is 5.32 Å². The number of nitrogens with zero attached hydrogens (tertiary/aromatic N) is 2. The van der Waals surface area contributed by atoms with Crippen LogP contribution in [0, 0.1) is 11.3 Å². The summed E-state index contributed by atoms with van der Waals surface area (Å²) in [5, 5.41) is 21.4. The number of hydrogen-bond donors (Lipinski definition) is 2. The van der Waals surface area contributed by atoms with Crippen molar-refractivity contribution in [3.05, 3.63) is 28.8 Å². The number of hydrogen-bond acceptors (Lipinski definition) is 4. The van der Waals surface area contributed by atoms with Gasteiger partial charge >= 0.3 is 5.97 Å². The quantitative estimate of drug-likeness (QED) is 0.837. The molecule has 0 aromatic heterocycles. The third-order valence-corrected chi connectivity index (χ3v) is 3.22. The number of carboxylic acids is 1. The van der Waals surface area contributed by atoms with Crippen LogP contribution >= 0.6 is 11.6 Å². The number of rotatable bonds is 2. The molecule has 1 unspecified atom stereocenters. The first-order valence-corrected chi connectivity index (χ1v) is 5.91. The fourth-order valence-electron chi connectivity index (χ4n) is 2.02. The molecule has 5 nitrogen and oxygen atoms in total. The van der Waals surface area contributed by atoms with Gasteiger partial charge in [-0.15, -0.1) is 0 Å². The van der Waals surface area contributed by atoms with E-state index in [9.17, 15) is 9.90 Å². The van der Waals surface area contributed by atoms with E-state index in [-0.39, 0.29) is 0 Å². The first-order chi connectivity index (χ1) is 8.63. The van der Waals surface area contributed by atoms with Crippen LogP contribution in [0.3, 0.4) is 0 Å². The maximum absolute atomic E-state index is 11.2. The van der Waals surface area contributed by atoms with Crippen LogP contribution in [-0.4, -0.2) is 36.8 Å². The second-order valence-corrected chi connectivity index (χ2v) is 4.44. The summed E-state index contributed by atoms with van der Waals surface area (Å²) in [6.07, 6.45) is 0. The maximum atomic E-state index is 11.2. The first kappa shape index (κ1) is 12.7. The van der Waals surface area contributed by atoms with Gasteiger partial charge in [0, 0.05) is 19.6 Å². The minimum atomic E-state index is -0.886. The van der Waals surface area contributed by atoms with Crippen molar-refractivity contribution in [2.75, 3.05) is 24.5 Å². The number of nitriles is 1. The Morgan fingerprint density at radius 2 is 2.39 bits per heavy atom. The fourth-order valence-corrected chi connectivity index (χ4v) is 2.31. The van der Waals surface area contributed by atoms with Crippen LogP contribution in [0.1, 0.15) is 5.56 Å². The van der Waals surface area contributed by atoms with Crippen molar-refractivity contribution in [1.29, 1.82) is 5.26 Å². The number of carboxylic acid groups (broad SMARTS) is 1. The Morgan fingerprint density at radius 1 is 1.61 bits per heavy atom. The van der Waals surface area contributed by atoms with E-state index in [0.29, 0.717) is 35.9 Å². The molecular weight excluding hydrogens is 254 g/mol. The predicted octanol–water partition coefficient (Wildman–Crippen LogP) is 1.07. The van der Waals surface area contributed by atoms with Crippen LogP contribution in [-0.2, 0) is 4.79 Å². The average molecular weight is 266 g/mol. The van der Waals surface area contributed by atoms with E-state index < -0.39 is 12.0 Å². The van der Waals surface area contributed by atoms with Crippen molar-refractivity contribution in [3.8, 4) is 6.07 Å². The van der Waals surface area contributed by atoms with Crippen molar-refractivity contribution in [1.82, 2.24) is 5.32 Å². The highest BCUT2D eigenvalue weighted by Crippen LogP contribution is 2.28. The summed E-state index contributed by atoms with van der Waals surface area (Å²) in [6.45, 7) is 1.66. The number of carbonyl (C=O) groups is 1. The lowest BCUT2D eigenvalue weighted by molar-refractivity contribution is -0.138. The highest BCUT2D eigenvalue weighted by molar-refractivity contribution is 6.33. The van der Waals surface area contributed by atoms with Gasteiger partial charge in [-0.3, -0.25) is 0 Å². The summed E-state index contributed by atoms with van der Waals surface area (Å²) in [7, 11) is 0. The lowest BCUT2D eigenvalue weighted by atomic mass is 10.1. The van der Waals surface area contributed by atoms with Crippen LogP contribution in [0.5, 0.6) is 0 Å². The molecule has 2 rings (SSSR count). The summed E-state index contributed by atoms with van der Waals surface area (Å²) in [6, 6.07) is 6.26. The van der Waals surface area contributed by atoms with E-state index in [1.807, 2.05) is 6.07 Å². The highest BCUT2D eigenvalue weighted by atomic mass is 35.5. The molecule has 94 valence electrons. The zero-order valence-electron chi connectivity index (χ0n) is 9.56. The lowest BCUT2D eigenvalue weighted by Gasteiger charge is -2.35. The van der Waals surface area contributed by atoms with Crippen LogP contribution in [0.2, 0.25) is 5.02 Å². The third-order valence-electron chi connectivity index (χ3n) is 2.91. The Bertz CT molecular complexity index is 513.